The van der Waals surface area contributed by atoms with Crippen molar-refractivity contribution in [2.45, 2.75) is 25.2 Å². The molecule has 2 N–H and O–H groups in total. The van der Waals surface area contributed by atoms with Gasteiger partial charge in [0.05, 0.1) is 23.3 Å². The predicted octanol–water partition coefficient (Wildman–Crippen LogP) is 3.33. The molecule has 1 aliphatic heterocycles. The molecule has 0 unspecified atom stereocenters. The van der Waals surface area contributed by atoms with E-state index in [0.29, 0.717) is 17.2 Å². The summed E-state index contributed by atoms with van der Waals surface area (Å²) in [5, 5.41) is 13.5. The molecule has 0 atom stereocenters. The van der Waals surface area contributed by atoms with E-state index in [2.05, 4.69) is 20.7 Å². The summed E-state index contributed by atoms with van der Waals surface area (Å²) >= 11 is 1.63. The Morgan fingerprint density at radius 3 is 2.96 bits per heavy atom. The quantitative estimate of drug-likeness (QED) is 0.690. The zero-order valence-electron chi connectivity index (χ0n) is 15.6. The van der Waals surface area contributed by atoms with Crippen molar-refractivity contribution in [3.05, 3.63) is 52.5 Å². The minimum atomic E-state index is -0.358. The number of nitrogens with zero attached hydrogens (tertiary/aromatic N) is 3. The number of carbonyl (C=O) groups is 1. The zero-order chi connectivity index (χ0) is 19.5. The maximum atomic E-state index is 13.8. The Balaban J connectivity index is 1.46. The van der Waals surface area contributed by atoms with Gasteiger partial charge in [-0.2, -0.15) is 5.10 Å². The molecule has 3 heterocycles. The molecule has 8 heteroatoms. The standard InChI is InChI=1S/C20H22FN5OS/c1-26-11-14(10-23-26)17-8-15(21)2-3-18(17)25-19(27)9-16-12-28-20(24-16)13-4-6-22-7-5-13/h2-3,8,10-13,22H,4-7,9H2,1H3,(H,25,27). The van der Waals surface area contributed by atoms with Crippen molar-refractivity contribution in [1.29, 1.82) is 0 Å². The van der Waals surface area contributed by atoms with Crippen LogP contribution in [0.4, 0.5) is 10.1 Å². The maximum Gasteiger partial charge on any atom is 0.230 e. The average molecular weight is 399 g/mol. The topological polar surface area (TPSA) is 71.8 Å². The van der Waals surface area contributed by atoms with Crippen molar-refractivity contribution < 1.29 is 9.18 Å². The van der Waals surface area contributed by atoms with Crippen molar-refractivity contribution in [3.63, 3.8) is 0 Å². The number of amides is 1. The number of aryl methyl sites for hydroxylation is 1. The van der Waals surface area contributed by atoms with Crippen LogP contribution in [0.2, 0.25) is 0 Å². The summed E-state index contributed by atoms with van der Waals surface area (Å²) in [6.45, 7) is 2.03. The van der Waals surface area contributed by atoms with E-state index in [-0.39, 0.29) is 18.1 Å². The summed E-state index contributed by atoms with van der Waals surface area (Å²) in [5.41, 5.74) is 2.70. The third-order valence-electron chi connectivity index (χ3n) is 4.87. The minimum absolute atomic E-state index is 0.168. The van der Waals surface area contributed by atoms with Gasteiger partial charge < -0.3 is 10.6 Å². The summed E-state index contributed by atoms with van der Waals surface area (Å²) in [6.07, 6.45) is 5.81. The Labute approximate surface area is 166 Å². The van der Waals surface area contributed by atoms with Gasteiger partial charge in [-0.3, -0.25) is 9.48 Å². The summed E-state index contributed by atoms with van der Waals surface area (Å²) in [6, 6.07) is 4.33. The molecule has 1 aromatic carbocycles. The van der Waals surface area contributed by atoms with Crippen LogP contribution in [0.1, 0.15) is 29.5 Å². The summed E-state index contributed by atoms with van der Waals surface area (Å²) in [4.78, 5) is 17.2. The number of thiazole rings is 1. The van der Waals surface area contributed by atoms with Gasteiger partial charge in [-0.05, 0) is 44.1 Å². The van der Waals surface area contributed by atoms with Crippen molar-refractivity contribution in [1.82, 2.24) is 20.1 Å². The molecule has 2 aromatic heterocycles. The van der Waals surface area contributed by atoms with Crippen molar-refractivity contribution in [2.75, 3.05) is 18.4 Å². The first-order valence-corrected chi connectivity index (χ1v) is 10.2. The van der Waals surface area contributed by atoms with Gasteiger partial charge in [-0.25, -0.2) is 9.37 Å². The number of piperidine rings is 1. The Morgan fingerprint density at radius 2 is 2.21 bits per heavy atom. The van der Waals surface area contributed by atoms with Gasteiger partial charge in [0.25, 0.3) is 0 Å². The first-order chi connectivity index (χ1) is 13.6. The highest BCUT2D eigenvalue weighted by atomic mass is 32.1. The summed E-state index contributed by atoms with van der Waals surface area (Å²) < 4.78 is 15.4. The van der Waals surface area contributed by atoms with E-state index >= 15 is 0 Å². The molecule has 0 saturated carbocycles. The third kappa shape index (κ3) is 4.28. The highest BCUT2D eigenvalue weighted by molar-refractivity contribution is 7.09. The van der Waals surface area contributed by atoms with Crippen LogP contribution in [-0.4, -0.2) is 33.8 Å². The first kappa shape index (κ1) is 18.8. The highest BCUT2D eigenvalue weighted by Gasteiger charge is 2.19. The molecule has 1 saturated heterocycles. The second-order valence-electron chi connectivity index (χ2n) is 7.02. The fraction of sp³-hybridized carbons (Fsp3) is 0.350. The van der Waals surface area contributed by atoms with E-state index in [1.165, 1.54) is 12.1 Å². The Morgan fingerprint density at radius 1 is 1.39 bits per heavy atom. The van der Waals surface area contributed by atoms with Crippen LogP contribution in [0.25, 0.3) is 11.1 Å². The molecular weight excluding hydrogens is 377 g/mol. The average Bonchev–Trinajstić information content (AvgIpc) is 3.33. The molecule has 0 radical (unpaired) electrons. The number of rotatable bonds is 5. The van der Waals surface area contributed by atoms with Crippen LogP contribution >= 0.6 is 11.3 Å². The monoisotopic (exact) mass is 399 g/mol. The van der Waals surface area contributed by atoms with Crippen molar-refractivity contribution >= 4 is 22.9 Å². The molecule has 146 valence electrons. The largest absolute Gasteiger partial charge is 0.325 e. The van der Waals surface area contributed by atoms with Crippen LogP contribution in [-0.2, 0) is 18.3 Å². The number of halogens is 1. The number of aromatic nitrogens is 3. The Hall–Kier alpha value is -2.58. The fourth-order valence-electron chi connectivity index (χ4n) is 3.44. The molecule has 6 nitrogen and oxygen atoms in total. The summed E-state index contributed by atoms with van der Waals surface area (Å²) in [5.74, 6) is -0.0424. The minimum Gasteiger partial charge on any atom is -0.325 e. The van der Waals surface area contributed by atoms with Gasteiger partial charge in [-0.15, -0.1) is 11.3 Å². The number of benzene rings is 1. The number of anilines is 1. The van der Waals surface area contributed by atoms with Gasteiger partial charge in [0.15, 0.2) is 0 Å². The Kier molecular flexibility index (Phi) is 5.50. The van der Waals surface area contributed by atoms with Gasteiger partial charge in [0.2, 0.25) is 5.91 Å². The van der Waals surface area contributed by atoms with E-state index in [9.17, 15) is 9.18 Å². The SMILES string of the molecule is Cn1cc(-c2cc(F)ccc2NC(=O)Cc2csc(C3CCNCC3)n2)cn1. The molecule has 1 fully saturated rings. The zero-order valence-corrected chi connectivity index (χ0v) is 16.4. The molecule has 1 amide bonds. The third-order valence-corrected chi connectivity index (χ3v) is 5.93. The normalized spacial score (nSPS) is 14.9. The number of nitrogens with one attached hydrogen (secondary N) is 2. The lowest BCUT2D eigenvalue weighted by atomic mass is 9.99. The summed E-state index contributed by atoms with van der Waals surface area (Å²) in [7, 11) is 1.79. The van der Waals surface area contributed by atoms with Crippen LogP contribution < -0.4 is 10.6 Å². The smallest absolute Gasteiger partial charge is 0.230 e. The lowest BCUT2D eigenvalue weighted by Crippen LogP contribution is -2.26. The molecular formula is C20H22FN5OS. The molecule has 4 rings (SSSR count). The second-order valence-corrected chi connectivity index (χ2v) is 7.91. The van der Waals surface area contributed by atoms with Gasteiger partial charge in [-0.1, -0.05) is 0 Å². The van der Waals surface area contributed by atoms with E-state index < -0.39 is 0 Å². The van der Waals surface area contributed by atoms with E-state index in [1.807, 2.05) is 5.38 Å². The van der Waals surface area contributed by atoms with E-state index in [4.69, 9.17) is 0 Å². The van der Waals surface area contributed by atoms with E-state index in [0.717, 1.165) is 42.2 Å². The highest BCUT2D eigenvalue weighted by Crippen LogP contribution is 2.30. The van der Waals surface area contributed by atoms with Crippen LogP contribution in [0.5, 0.6) is 0 Å². The van der Waals surface area contributed by atoms with Crippen LogP contribution in [0, 0.1) is 5.82 Å². The van der Waals surface area contributed by atoms with Crippen LogP contribution in [0.3, 0.4) is 0 Å². The Bertz CT molecular complexity index is 977. The lowest BCUT2D eigenvalue weighted by Gasteiger charge is -2.20. The molecule has 3 aromatic rings. The fourth-order valence-corrected chi connectivity index (χ4v) is 4.43. The predicted molar refractivity (Wildman–Crippen MR) is 108 cm³/mol. The molecule has 0 aliphatic carbocycles. The number of hydrogen-bond donors (Lipinski definition) is 2. The molecule has 0 spiro atoms. The molecule has 1 aliphatic rings. The van der Waals surface area contributed by atoms with Gasteiger partial charge >= 0.3 is 0 Å². The van der Waals surface area contributed by atoms with Crippen molar-refractivity contribution in [2.24, 2.45) is 7.05 Å². The van der Waals surface area contributed by atoms with Crippen LogP contribution in [0.15, 0.2) is 36.0 Å². The lowest BCUT2D eigenvalue weighted by molar-refractivity contribution is -0.115. The first-order valence-electron chi connectivity index (χ1n) is 9.32. The maximum absolute atomic E-state index is 13.8. The van der Waals surface area contributed by atoms with Gasteiger partial charge in [0.1, 0.15) is 5.82 Å². The molecule has 28 heavy (non-hydrogen) atoms. The van der Waals surface area contributed by atoms with E-state index in [1.54, 1.807) is 41.5 Å². The second kappa shape index (κ2) is 8.20. The number of hydrogen-bond acceptors (Lipinski definition) is 5. The van der Waals surface area contributed by atoms with Crippen molar-refractivity contribution in [3.8, 4) is 11.1 Å². The number of carbonyl (C=O) groups excluding carboxylic acids is 1. The van der Waals surface area contributed by atoms with Gasteiger partial charge in [0, 0.05) is 41.4 Å². The molecule has 0 bridgehead atoms.